The molecule has 6 heteroatoms. The van der Waals surface area contributed by atoms with Crippen LogP contribution in [-0.4, -0.2) is 54.4 Å². The summed E-state index contributed by atoms with van der Waals surface area (Å²) in [5, 5.41) is 8.01. The van der Waals surface area contributed by atoms with Gasteiger partial charge in [-0.2, -0.15) is 5.10 Å². The van der Waals surface area contributed by atoms with E-state index in [0.29, 0.717) is 12.2 Å². The number of H-pyrrole nitrogens is 1. The number of rotatable bonds is 4. The Labute approximate surface area is 152 Å². The smallest absolute Gasteiger partial charge is 0.275 e. The molecule has 0 radical (unpaired) electrons. The summed E-state index contributed by atoms with van der Waals surface area (Å²) in [7, 11) is 1.82. The number of fused-ring (bicyclic) bond motifs is 1. The highest BCUT2D eigenvalue weighted by Crippen LogP contribution is 2.24. The van der Waals surface area contributed by atoms with E-state index in [0.717, 1.165) is 42.8 Å². The van der Waals surface area contributed by atoms with Gasteiger partial charge in [0.1, 0.15) is 0 Å². The molecule has 0 spiro atoms. The number of benzene rings is 2. The van der Waals surface area contributed by atoms with E-state index in [1.54, 1.807) is 4.90 Å². The van der Waals surface area contributed by atoms with Crippen molar-refractivity contribution in [2.75, 3.05) is 38.3 Å². The third-order valence-electron chi connectivity index (χ3n) is 4.77. The number of morpholine rings is 1. The number of amides is 1. The quantitative estimate of drug-likeness (QED) is 0.786. The van der Waals surface area contributed by atoms with Crippen LogP contribution in [-0.2, 0) is 11.3 Å². The number of para-hydroxylation sites is 2. The molecule has 26 heavy (non-hydrogen) atoms. The summed E-state index contributed by atoms with van der Waals surface area (Å²) >= 11 is 0. The van der Waals surface area contributed by atoms with Crippen LogP contribution in [0.4, 0.5) is 5.69 Å². The summed E-state index contributed by atoms with van der Waals surface area (Å²) in [6.07, 6.45) is 0. The Hall–Kier alpha value is -2.86. The summed E-state index contributed by atoms with van der Waals surface area (Å²) in [6.45, 7) is 3.76. The molecule has 1 aliphatic heterocycles. The topological polar surface area (TPSA) is 61.5 Å². The van der Waals surface area contributed by atoms with Crippen molar-refractivity contribution in [3.63, 3.8) is 0 Å². The van der Waals surface area contributed by atoms with E-state index in [9.17, 15) is 4.79 Å². The molecule has 0 bridgehead atoms. The zero-order chi connectivity index (χ0) is 17.9. The Kier molecular flexibility index (Phi) is 4.58. The Bertz CT molecular complexity index is 915. The van der Waals surface area contributed by atoms with Crippen molar-refractivity contribution in [3.8, 4) is 0 Å². The van der Waals surface area contributed by atoms with Gasteiger partial charge >= 0.3 is 0 Å². The normalized spacial score (nSPS) is 14.6. The number of carbonyl (C=O) groups is 1. The van der Waals surface area contributed by atoms with E-state index < -0.39 is 0 Å². The fourth-order valence-corrected chi connectivity index (χ4v) is 3.39. The molecule has 3 aromatic rings. The van der Waals surface area contributed by atoms with Crippen LogP contribution >= 0.6 is 0 Å². The Morgan fingerprint density at radius 2 is 1.88 bits per heavy atom. The monoisotopic (exact) mass is 350 g/mol. The summed E-state index contributed by atoms with van der Waals surface area (Å²) in [5.74, 6) is -0.0840. The van der Waals surface area contributed by atoms with Crippen molar-refractivity contribution in [2.24, 2.45) is 0 Å². The molecule has 1 amide bonds. The van der Waals surface area contributed by atoms with Gasteiger partial charge in [-0.25, -0.2) is 0 Å². The lowest BCUT2D eigenvalue weighted by molar-refractivity contribution is 0.0781. The molecule has 1 aliphatic rings. The average molecular weight is 350 g/mol. The molecule has 1 N–H and O–H groups in total. The van der Waals surface area contributed by atoms with Crippen molar-refractivity contribution >= 4 is 22.5 Å². The number of nitrogens with one attached hydrogen (secondary N) is 1. The predicted octanol–water partition coefficient (Wildman–Crippen LogP) is 2.67. The molecule has 1 saturated heterocycles. The number of ether oxygens (including phenoxy) is 1. The third-order valence-corrected chi connectivity index (χ3v) is 4.77. The van der Waals surface area contributed by atoms with Gasteiger partial charge < -0.3 is 14.5 Å². The number of anilines is 1. The van der Waals surface area contributed by atoms with Gasteiger partial charge in [0.2, 0.25) is 0 Å². The molecule has 6 nitrogen and oxygen atoms in total. The van der Waals surface area contributed by atoms with Crippen LogP contribution in [0.25, 0.3) is 10.9 Å². The van der Waals surface area contributed by atoms with Gasteiger partial charge in [0.05, 0.1) is 18.7 Å². The number of hydrogen-bond donors (Lipinski definition) is 1. The van der Waals surface area contributed by atoms with Crippen LogP contribution in [0.15, 0.2) is 48.5 Å². The largest absolute Gasteiger partial charge is 0.378 e. The van der Waals surface area contributed by atoms with Crippen LogP contribution in [0.2, 0.25) is 0 Å². The minimum atomic E-state index is -0.0840. The third kappa shape index (κ3) is 3.15. The van der Waals surface area contributed by atoms with E-state index in [-0.39, 0.29) is 5.91 Å². The highest BCUT2D eigenvalue weighted by molar-refractivity contribution is 6.04. The minimum Gasteiger partial charge on any atom is -0.378 e. The fraction of sp³-hybridized carbons (Fsp3) is 0.300. The van der Waals surface area contributed by atoms with Crippen LogP contribution in [0.5, 0.6) is 0 Å². The molecule has 2 heterocycles. The maximum atomic E-state index is 12.9. The minimum absolute atomic E-state index is 0.0840. The summed E-state index contributed by atoms with van der Waals surface area (Å²) < 4.78 is 5.45. The number of aromatic nitrogens is 2. The van der Waals surface area contributed by atoms with Gasteiger partial charge in [-0.15, -0.1) is 0 Å². The molecule has 0 aliphatic carbocycles. The zero-order valence-electron chi connectivity index (χ0n) is 14.8. The van der Waals surface area contributed by atoms with Crippen LogP contribution in [0.1, 0.15) is 16.1 Å². The first-order valence-electron chi connectivity index (χ1n) is 8.83. The van der Waals surface area contributed by atoms with Crippen molar-refractivity contribution in [1.29, 1.82) is 0 Å². The fourth-order valence-electron chi connectivity index (χ4n) is 3.39. The summed E-state index contributed by atoms with van der Waals surface area (Å²) in [6, 6.07) is 15.9. The van der Waals surface area contributed by atoms with Gasteiger partial charge in [-0.3, -0.25) is 9.89 Å². The lowest BCUT2D eigenvalue weighted by Crippen LogP contribution is -2.37. The number of nitrogens with zero attached hydrogens (tertiary/aromatic N) is 3. The van der Waals surface area contributed by atoms with E-state index in [1.807, 2.05) is 43.4 Å². The Morgan fingerprint density at radius 3 is 2.73 bits per heavy atom. The molecular formula is C20H22N4O2. The maximum Gasteiger partial charge on any atom is 0.275 e. The van der Waals surface area contributed by atoms with Gasteiger partial charge in [0.25, 0.3) is 5.91 Å². The predicted molar refractivity (Wildman–Crippen MR) is 101 cm³/mol. The van der Waals surface area contributed by atoms with E-state index >= 15 is 0 Å². The number of aromatic amines is 1. The molecule has 134 valence electrons. The molecule has 0 saturated carbocycles. The second kappa shape index (κ2) is 7.17. The van der Waals surface area contributed by atoms with Gasteiger partial charge in [0.15, 0.2) is 5.69 Å². The standard InChI is InChI=1S/C20H22N4O2/c1-23(20(25)19-16-7-3-4-8-17(16)21-22-19)14-15-6-2-5-9-18(15)24-10-12-26-13-11-24/h2-9H,10-14H2,1H3,(H,21,22). The SMILES string of the molecule is CN(Cc1ccccc1N1CCOCC1)C(=O)c1n[nH]c2ccccc12. The second-order valence-corrected chi connectivity index (χ2v) is 6.51. The van der Waals surface area contributed by atoms with Crippen molar-refractivity contribution in [2.45, 2.75) is 6.54 Å². The first-order valence-corrected chi connectivity index (χ1v) is 8.83. The highest BCUT2D eigenvalue weighted by atomic mass is 16.5. The van der Waals surface area contributed by atoms with Gasteiger partial charge in [-0.1, -0.05) is 36.4 Å². The first-order chi connectivity index (χ1) is 12.7. The van der Waals surface area contributed by atoms with E-state index in [1.165, 1.54) is 5.69 Å². The number of hydrogen-bond acceptors (Lipinski definition) is 4. The Balaban J connectivity index is 1.56. The van der Waals surface area contributed by atoms with Gasteiger partial charge in [0, 0.05) is 37.8 Å². The molecule has 0 unspecified atom stereocenters. The van der Waals surface area contributed by atoms with Crippen LogP contribution in [0, 0.1) is 0 Å². The van der Waals surface area contributed by atoms with Crippen LogP contribution < -0.4 is 4.90 Å². The van der Waals surface area contributed by atoms with E-state index in [4.69, 9.17) is 4.74 Å². The van der Waals surface area contributed by atoms with Crippen molar-refractivity contribution < 1.29 is 9.53 Å². The number of carbonyl (C=O) groups excluding carboxylic acids is 1. The average Bonchev–Trinajstić information content (AvgIpc) is 3.12. The zero-order valence-corrected chi connectivity index (χ0v) is 14.8. The van der Waals surface area contributed by atoms with Crippen molar-refractivity contribution in [3.05, 3.63) is 59.8 Å². The highest BCUT2D eigenvalue weighted by Gasteiger charge is 2.20. The Morgan fingerprint density at radius 1 is 1.15 bits per heavy atom. The molecule has 1 aromatic heterocycles. The molecule has 1 fully saturated rings. The van der Waals surface area contributed by atoms with Crippen molar-refractivity contribution in [1.82, 2.24) is 15.1 Å². The summed E-state index contributed by atoms with van der Waals surface area (Å²) in [5.41, 5.74) is 3.64. The molecule has 4 rings (SSSR count). The van der Waals surface area contributed by atoms with Crippen LogP contribution in [0.3, 0.4) is 0 Å². The summed E-state index contributed by atoms with van der Waals surface area (Å²) in [4.78, 5) is 17.0. The van der Waals surface area contributed by atoms with Gasteiger partial charge in [-0.05, 0) is 17.7 Å². The second-order valence-electron chi connectivity index (χ2n) is 6.51. The maximum absolute atomic E-state index is 12.9. The first kappa shape index (κ1) is 16.6. The van der Waals surface area contributed by atoms with E-state index in [2.05, 4.69) is 27.2 Å². The molecular weight excluding hydrogens is 328 g/mol. The molecule has 0 atom stereocenters. The lowest BCUT2D eigenvalue weighted by atomic mass is 10.1. The molecule has 2 aromatic carbocycles. The lowest BCUT2D eigenvalue weighted by Gasteiger charge is -2.31.